The minimum Gasteiger partial charge on any atom is -0.326 e. The zero-order valence-electron chi connectivity index (χ0n) is 14.4. The quantitative estimate of drug-likeness (QED) is 0.746. The Labute approximate surface area is 155 Å². The van der Waals surface area contributed by atoms with Gasteiger partial charge in [-0.15, -0.1) is 0 Å². The first kappa shape index (κ1) is 17.0. The molecule has 0 unspecified atom stereocenters. The molecule has 0 radical (unpaired) electrons. The standard InChI is InChI=1S/C20H17FN4O2/c21-15-6-8-16(9-7-15)23-18(26)10-14-12-25-19(24-20(14)27)17(11-22-25)13-4-2-1-3-5-13/h1-9,11,14H,10,12H2,(H,23,26)(H,24,27)/t14-/m0/s1. The molecule has 2 amide bonds. The monoisotopic (exact) mass is 364 g/mol. The summed E-state index contributed by atoms with van der Waals surface area (Å²) in [6.07, 6.45) is 1.73. The fourth-order valence-corrected chi connectivity index (χ4v) is 3.12. The highest BCUT2D eigenvalue weighted by atomic mass is 19.1. The third-order valence-corrected chi connectivity index (χ3v) is 4.49. The van der Waals surface area contributed by atoms with Crippen molar-refractivity contribution in [3.05, 3.63) is 66.6 Å². The minimum absolute atomic E-state index is 0.0170. The van der Waals surface area contributed by atoms with Gasteiger partial charge in [-0.05, 0) is 29.8 Å². The fraction of sp³-hybridized carbons (Fsp3) is 0.150. The van der Waals surface area contributed by atoms with Gasteiger partial charge in [0.15, 0.2) is 0 Å². The molecule has 1 aliphatic heterocycles. The molecule has 2 N–H and O–H groups in total. The molecule has 6 nitrogen and oxygen atoms in total. The average Bonchev–Trinajstić information content (AvgIpc) is 3.07. The van der Waals surface area contributed by atoms with Gasteiger partial charge in [0.2, 0.25) is 11.8 Å². The van der Waals surface area contributed by atoms with Crippen LogP contribution in [0.25, 0.3) is 11.1 Å². The van der Waals surface area contributed by atoms with E-state index in [0.717, 1.165) is 11.1 Å². The summed E-state index contributed by atoms with van der Waals surface area (Å²) in [5, 5.41) is 9.89. The van der Waals surface area contributed by atoms with Crippen LogP contribution >= 0.6 is 0 Å². The van der Waals surface area contributed by atoms with Gasteiger partial charge in [-0.1, -0.05) is 30.3 Å². The number of benzene rings is 2. The van der Waals surface area contributed by atoms with Crippen LogP contribution in [0.1, 0.15) is 6.42 Å². The van der Waals surface area contributed by atoms with E-state index in [1.807, 2.05) is 30.3 Å². The van der Waals surface area contributed by atoms with Crippen molar-refractivity contribution in [1.82, 2.24) is 9.78 Å². The molecule has 0 aliphatic carbocycles. The molecule has 27 heavy (non-hydrogen) atoms. The van der Waals surface area contributed by atoms with E-state index in [2.05, 4.69) is 15.7 Å². The number of aromatic nitrogens is 2. The zero-order valence-corrected chi connectivity index (χ0v) is 14.4. The van der Waals surface area contributed by atoms with Crippen LogP contribution in [0.2, 0.25) is 0 Å². The molecule has 0 saturated carbocycles. The molecule has 0 spiro atoms. The SMILES string of the molecule is O=C(C[C@H]1Cn2ncc(-c3ccccc3)c2NC1=O)Nc1ccc(F)cc1. The molecule has 1 aliphatic rings. The molecule has 0 saturated heterocycles. The van der Waals surface area contributed by atoms with Gasteiger partial charge in [0.05, 0.1) is 18.7 Å². The van der Waals surface area contributed by atoms with Crippen molar-refractivity contribution in [1.29, 1.82) is 0 Å². The maximum Gasteiger partial charge on any atom is 0.231 e. The molecular weight excluding hydrogens is 347 g/mol. The summed E-state index contributed by atoms with van der Waals surface area (Å²) < 4.78 is 14.6. The number of anilines is 2. The fourth-order valence-electron chi connectivity index (χ4n) is 3.12. The number of hydrogen-bond acceptors (Lipinski definition) is 3. The van der Waals surface area contributed by atoms with Crippen molar-refractivity contribution in [2.24, 2.45) is 5.92 Å². The van der Waals surface area contributed by atoms with Crippen LogP contribution in [0.15, 0.2) is 60.8 Å². The lowest BCUT2D eigenvalue weighted by Gasteiger charge is -2.24. The van der Waals surface area contributed by atoms with E-state index >= 15 is 0 Å². The Bertz CT molecular complexity index is 983. The van der Waals surface area contributed by atoms with Crippen LogP contribution in [-0.2, 0) is 16.1 Å². The van der Waals surface area contributed by atoms with Crippen LogP contribution in [-0.4, -0.2) is 21.6 Å². The number of halogens is 1. The molecule has 1 atom stereocenters. The summed E-state index contributed by atoms with van der Waals surface area (Å²) in [4.78, 5) is 24.7. The average molecular weight is 364 g/mol. The van der Waals surface area contributed by atoms with Gasteiger partial charge in [0.25, 0.3) is 0 Å². The Hall–Kier alpha value is -3.48. The second-order valence-electron chi connectivity index (χ2n) is 6.40. The summed E-state index contributed by atoms with van der Waals surface area (Å²) in [6, 6.07) is 15.2. The summed E-state index contributed by atoms with van der Waals surface area (Å²) in [5.41, 5.74) is 2.30. The van der Waals surface area contributed by atoms with Crippen molar-refractivity contribution in [3.63, 3.8) is 0 Å². The van der Waals surface area contributed by atoms with E-state index in [9.17, 15) is 14.0 Å². The van der Waals surface area contributed by atoms with Gasteiger partial charge in [-0.2, -0.15) is 5.10 Å². The highest BCUT2D eigenvalue weighted by molar-refractivity contribution is 6.00. The highest BCUT2D eigenvalue weighted by Crippen LogP contribution is 2.31. The Morgan fingerprint density at radius 1 is 1.19 bits per heavy atom. The topological polar surface area (TPSA) is 76.0 Å². The van der Waals surface area contributed by atoms with Crippen molar-refractivity contribution < 1.29 is 14.0 Å². The van der Waals surface area contributed by atoms with Crippen molar-refractivity contribution in [2.75, 3.05) is 10.6 Å². The van der Waals surface area contributed by atoms with E-state index in [4.69, 9.17) is 0 Å². The first-order chi connectivity index (χ1) is 13.1. The summed E-state index contributed by atoms with van der Waals surface area (Å²) >= 11 is 0. The van der Waals surface area contributed by atoms with E-state index in [1.54, 1.807) is 10.9 Å². The Morgan fingerprint density at radius 2 is 1.93 bits per heavy atom. The first-order valence-electron chi connectivity index (χ1n) is 8.57. The van der Waals surface area contributed by atoms with Crippen LogP contribution in [0.4, 0.5) is 15.9 Å². The Kier molecular flexibility index (Phi) is 4.42. The molecule has 1 aromatic heterocycles. The number of amides is 2. The number of fused-ring (bicyclic) bond motifs is 1. The molecule has 2 heterocycles. The van der Waals surface area contributed by atoms with Gasteiger partial charge in [-0.25, -0.2) is 9.07 Å². The van der Waals surface area contributed by atoms with Crippen molar-refractivity contribution in [3.8, 4) is 11.1 Å². The number of nitrogens with zero attached hydrogens (tertiary/aromatic N) is 2. The largest absolute Gasteiger partial charge is 0.326 e. The van der Waals surface area contributed by atoms with Gasteiger partial charge in [-0.3, -0.25) is 9.59 Å². The Morgan fingerprint density at radius 3 is 2.67 bits per heavy atom. The van der Waals surface area contributed by atoms with Gasteiger partial charge in [0.1, 0.15) is 11.6 Å². The summed E-state index contributed by atoms with van der Waals surface area (Å²) in [7, 11) is 0. The lowest BCUT2D eigenvalue weighted by molar-refractivity contribution is -0.125. The van der Waals surface area contributed by atoms with E-state index < -0.39 is 5.92 Å². The van der Waals surface area contributed by atoms with Crippen molar-refractivity contribution >= 4 is 23.3 Å². The lowest BCUT2D eigenvalue weighted by Crippen LogP contribution is -2.36. The molecule has 0 bridgehead atoms. The third-order valence-electron chi connectivity index (χ3n) is 4.49. The number of carbonyl (C=O) groups excluding carboxylic acids is 2. The molecule has 0 fully saturated rings. The van der Waals surface area contributed by atoms with Gasteiger partial charge < -0.3 is 10.6 Å². The summed E-state index contributed by atoms with van der Waals surface area (Å²) in [6.45, 7) is 0.324. The van der Waals surface area contributed by atoms with Crippen LogP contribution in [0, 0.1) is 11.7 Å². The second-order valence-corrected chi connectivity index (χ2v) is 6.40. The third kappa shape index (κ3) is 3.57. The normalized spacial score (nSPS) is 15.7. The van der Waals surface area contributed by atoms with E-state index in [1.165, 1.54) is 24.3 Å². The van der Waals surface area contributed by atoms with Crippen molar-refractivity contribution in [2.45, 2.75) is 13.0 Å². The number of carbonyl (C=O) groups is 2. The molecule has 7 heteroatoms. The van der Waals surface area contributed by atoms with Gasteiger partial charge in [0, 0.05) is 17.7 Å². The maximum absolute atomic E-state index is 12.9. The zero-order chi connectivity index (χ0) is 18.8. The summed E-state index contributed by atoms with van der Waals surface area (Å²) in [5.74, 6) is -0.780. The molecular formula is C20H17FN4O2. The molecule has 4 rings (SSSR count). The van der Waals surface area contributed by atoms with E-state index in [-0.39, 0.29) is 24.1 Å². The predicted octanol–water partition coefficient (Wildman–Crippen LogP) is 3.29. The van der Waals surface area contributed by atoms with E-state index in [0.29, 0.717) is 18.1 Å². The Balaban J connectivity index is 1.46. The molecule has 3 aromatic rings. The van der Waals surface area contributed by atoms with Crippen LogP contribution in [0.3, 0.4) is 0 Å². The number of hydrogen-bond donors (Lipinski definition) is 2. The minimum atomic E-state index is -0.526. The number of rotatable bonds is 4. The highest BCUT2D eigenvalue weighted by Gasteiger charge is 2.30. The second kappa shape index (κ2) is 7.03. The lowest BCUT2D eigenvalue weighted by atomic mass is 10.0. The van der Waals surface area contributed by atoms with Crippen LogP contribution in [0.5, 0.6) is 0 Å². The predicted molar refractivity (Wildman–Crippen MR) is 99.4 cm³/mol. The van der Waals surface area contributed by atoms with Gasteiger partial charge >= 0.3 is 0 Å². The number of nitrogens with one attached hydrogen (secondary N) is 2. The smallest absolute Gasteiger partial charge is 0.231 e. The molecule has 2 aromatic carbocycles. The molecule has 136 valence electrons. The first-order valence-corrected chi connectivity index (χ1v) is 8.57. The van der Waals surface area contributed by atoms with Crippen LogP contribution < -0.4 is 10.6 Å². The maximum atomic E-state index is 12.9.